The lowest BCUT2D eigenvalue weighted by atomic mass is 10.1. The van der Waals surface area contributed by atoms with Crippen molar-refractivity contribution in [1.82, 2.24) is 9.97 Å². The van der Waals surface area contributed by atoms with E-state index in [2.05, 4.69) is 15.3 Å². The fourth-order valence-electron chi connectivity index (χ4n) is 2.68. The molecule has 0 spiro atoms. The van der Waals surface area contributed by atoms with Crippen molar-refractivity contribution in [2.45, 2.75) is 20.3 Å². The van der Waals surface area contributed by atoms with Crippen LogP contribution >= 0.6 is 0 Å². The van der Waals surface area contributed by atoms with Gasteiger partial charge in [-0.25, -0.2) is 18.7 Å². The van der Waals surface area contributed by atoms with E-state index in [4.69, 9.17) is 5.73 Å². The van der Waals surface area contributed by atoms with Gasteiger partial charge in [0.1, 0.15) is 5.69 Å². The van der Waals surface area contributed by atoms with E-state index >= 15 is 0 Å². The van der Waals surface area contributed by atoms with E-state index in [1.54, 1.807) is 24.4 Å². The second-order valence-electron chi connectivity index (χ2n) is 6.81. The van der Waals surface area contributed by atoms with Gasteiger partial charge < -0.3 is 11.1 Å². The molecule has 1 amide bonds. The third-order valence-electron chi connectivity index (χ3n) is 4.04. The minimum atomic E-state index is -0.992. The van der Waals surface area contributed by atoms with Gasteiger partial charge in [-0.2, -0.15) is 0 Å². The number of nitrogen functional groups attached to an aromatic ring is 1. The summed E-state index contributed by atoms with van der Waals surface area (Å²) in [6.45, 7) is 3.81. The zero-order valence-electron chi connectivity index (χ0n) is 16.0. The molecule has 3 rings (SSSR count). The van der Waals surface area contributed by atoms with Crippen molar-refractivity contribution < 1.29 is 13.6 Å². The van der Waals surface area contributed by atoms with Crippen LogP contribution in [0.1, 0.15) is 25.1 Å². The number of anilines is 2. The molecule has 0 atom stereocenters. The zero-order valence-corrected chi connectivity index (χ0v) is 16.0. The molecule has 0 bridgehead atoms. The highest BCUT2D eigenvalue weighted by atomic mass is 19.2. The van der Waals surface area contributed by atoms with Crippen molar-refractivity contribution in [2.75, 3.05) is 11.1 Å². The van der Waals surface area contributed by atoms with Crippen LogP contribution in [-0.4, -0.2) is 15.9 Å². The Morgan fingerprint density at radius 1 is 1.10 bits per heavy atom. The average molecular weight is 394 g/mol. The van der Waals surface area contributed by atoms with Crippen LogP contribution in [0.2, 0.25) is 0 Å². The number of carbonyl (C=O) groups excluding carboxylic acids is 1. The minimum Gasteiger partial charge on any atom is -0.399 e. The molecule has 2 aromatic carbocycles. The molecule has 0 saturated heterocycles. The van der Waals surface area contributed by atoms with Crippen molar-refractivity contribution >= 4 is 23.5 Å². The summed E-state index contributed by atoms with van der Waals surface area (Å²) in [4.78, 5) is 21.3. The minimum absolute atomic E-state index is 0.118. The Morgan fingerprint density at radius 2 is 1.83 bits per heavy atom. The maximum Gasteiger partial charge on any atom is 0.230 e. The molecule has 0 aliphatic rings. The Kier molecular flexibility index (Phi) is 5.97. The SMILES string of the molecule is CC(C)=Cc1nc(-c2ccc(N)cc2)cnc1NC(=O)Cc1ccc(F)c(F)c1. The van der Waals surface area contributed by atoms with Crippen molar-refractivity contribution in [3.63, 3.8) is 0 Å². The van der Waals surface area contributed by atoms with Crippen molar-refractivity contribution in [2.24, 2.45) is 0 Å². The number of amides is 1. The molecule has 0 saturated carbocycles. The number of carbonyl (C=O) groups is 1. The number of nitrogens with zero attached hydrogens (tertiary/aromatic N) is 2. The van der Waals surface area contributed by atoms with Gasteiger partial charge >= 0.3 is 0 Å². The van der Waals surface area contributed by atoms with Gasteiger partial charge in [-0.3, -0.25) is 4.79 Å². The first-order valence-corrected chi connectivity index (χ1v) is 8.93. The molecule has 0 fully saturated rings. The molecule has 148 valence electrons. The summed E-state index contributed by atoms with van der Waals surface area (Å²) < 4.78 is 26.4. The van der Waals surface area contributed by atoms with Crippen LogP contribution in [0.25, 0.3) is 17.3 Å². The van der Waals surface area contributed by atoms with Crippen LogP contribution < -0.4 is 11.1 Å². The van der Waals surface area contributed by atoms with Gasteiger partial charge in [0.05, 0.1) is 18.3 Å². The third kappa shape index (κ3) is 5.22. The first-order chi connectivity index (χ1) is 13.8. The fraction of sp³-hybridized carbons (Fsp3) is 0.136. The summed E-state index contributed by atoms with van der Waals surface area (Å²) in [5.74, 6) is -2.07. The largest absolute Gasteiger partial charge is 0.399 e. The summed E-state index contributed by atoms with van der Waals surface area (Å²) in [7, 11) is 0. The number of hydrogen-bond donors (Lipinski definition) is 2. The number of hydrogen-bond acceptors (Lipinski definition) is 4. The molecule has 3 N–H and O–H groups in total. The second kappa shape index (κ2) is 8.60. The molecule has 3 aromatic rings. The Labute approximate surface area is 167 Å². The molecule has 1 heterocycles. The standard InChI is InChI=1S/C22H20F2N4O/c1-13(2)9-19-22(26-12-20(27-19)15-4-6-16(25)7-5-15)28-21(29)11-14-3-8-17(23)18(24)10-14/h3-10,12H,11,25H2,1-2H3,(H,26,28,29). The molecular formula is C22H20F2N4O. The monoisotopic (exact) mass is 394 g/mol. The summed E-state index contributed by atoms with van der Waals surface area (Å²) in [5.41, 5.74) is 9.68. The molecule has 7 heteroatoms. The molecule has 0 aliphatic carbocycles. The number of benzene rings is 2. The predicted molar refractivity (Wildman–Crippen MR) is 110 cm³/mol. The maximum absolute atomic E-state index is 13.3. The highest BCUT2D eigenvalue weighted by Gasteiger charge is 2.12. The first kappa shape index (κ1) is 20.1. The van der Waals surface area contributed by atoms with E-state index in [9.17, 15) is 13.6 Å². The van der Waals surface area contributed by atoms with Gasteiger partial charge in [-0.1, -0.05) is 23.8 Å². The Bertz CT molecular complexity index is 1070. The zero-order chi connectivity index (χ0) is 21.0. The van der Waals surface area contributed by atoms with Crippen LogP contribution in [0.5, 0.6) is 0 Å². The van der Waals surface area contributed by atoms with Gasteiger partial charge in [-0.05, 0) is 49.8 Å². The van der Waals surface area contributed by atoms with Crippen LogP contribution in [0.4, 0.5) is 20.3 Å². The molecule has 29 heavy (non-hydrogen) atoms. The number of rotatable bonds is 5. The van der Waals surface area contributed by atoms with E-state index in [0.717, 1.165) is 23.3 Å². The summed E-state index contributed by atoms with van der Waals surface area (Å²) in [6.07, 6.45) is 3.24. The molecule has 0 aliphatic heterocycles. The normalized spacial score (nSPS) is 10.5. The van der Waals surface area contributed by atoms with Crippen LogP contribution in [0.15, 0.2) is 54.2 Å². The highest BCUT2D eigenvalue weighted by molar-refractivity contribution is 5.93. The summed E-state index contributed by atoms with van der Waals surface area (Å²) in [5, 5.41) is 2.69. The van der Waals surface area contributed by atoms with Crippen LogP contribution in [0, 0.1) is 11.6 Å². The molecule has 0 unspecified atom stereocenters. The lowest BCUT2D eigenvalue weighted by molar-refractivity contribution is -0.115. The lowest BCUT2D eigenvalue weighted by Gasteiger charge is -2.10. The molecule has 5 nitrogen and oxygen atoms in total. The van der Waals surface area contributed by atoms with Gasteiger partial charge in [0.25, 0.3) is 0 Å². The average Bonchev–Trinajstić information content (AvgIpc) is 2.66. The van der Waals surface area contributed by atoms with Crippen molar-refractivity contribution in [3.05, 3.63) is 77.1 Å². The third-order valence-corrected chi connectivity index (χ3v) is 4.04. The number of allylic oxidation sites excluding steroid dienone is 1. The Hall–Kier alpha value is -3.61. The van der Waals surface area contributed by atoms with E-state index < -0.39 is 17.5 Å². The Balaban J connectivity index is 1.85. The smallest absolute Gasteiger partial charge is 0.230 e. The number of aromatic nitrogens is 2. The van der Waals surface area contributed by atoms with Gasteiger partial charge in [0.15, 0.2) is 17.5 Å². The topological polar surface area (TPSA) is 80.9 Å². The molecule has 0 radical (unpaired) electrons. The van der Waals surface area contributed by atoms with Crippen LogP contribution in [0.3, 0.4) is 0 Å². The highest BCUT2D eigenvalue weighted by Crippen LogP contribution is 2.22. The van der Waals surface area contributed by atoms with Crippen molar-refractivity contribution in [3.8, 4) is 11.3 Å². The van der Waals surface area contributed by atoms with Gasteiger partial charge in [0, 0.05) is 11.3 Å². The van der Waals surface area contributed by atoms with E-state index in [1.165, 1.54) is 6.07 Å². The first-order valence-electron chi connectivity index (χ1n) is 8.93. The fourth-order valence-corrected chi connectivity index (χ4v) is 2.68. The summed E-state index contributed by atoms with van der Waals surface area (Å²) >= 11 is 0. The predicted octanol–water partition coefficient (Wildman–Crippen LogP) is 4.61. The van der Waals surface area contributed by atoms with Crippen molar-refractivity contribution in [1.29, 1.82) is 0 Å². The quantitative estimate of drug-likeness (QED) is 0.620. The van der Waals surface area contributed by atoms with E-state index in [-0.39, 0.29) is 12.2 Å². The number of halogens is 2. The molecule has 1 aromatic heterocycles. The lowest BCUT2D eigenvalue weighted by Crippen LogP contribution is -2.17. The maximum atomic E-state index is 13.3. The number of nitrogens with one attached hydrogen (secondary N) is 1. The molecular weight excluding hydrogens is 374 g/mol. The Morgan fingerprint density at radius 3 is 2.48 bits per heavy atom. The van der Waals surface area contributed by atoms with Crippen LogP contribution in [-0.2, 0) is 11.2 Å². The van der Waals surface area contributed by atoms with E-state index in [1.807, 2.05) is 26.0 Å². The number of nitrogens with two attached hydrogens (primary N) is 1. The second-order valence-corrected chi connectivity index (χ2v) is 6.81. The van der Waals surface area contributed by atoms with E-state index in [0.29, 0.717) is 22.6 Å². The van der Waals surface area contributed by atoms with Gasteiger partial charge in [0.2, 0.25) is 5.91 Å². The van der Waals surface area contributed by atoms with Gasteiger partial charge in [-0.15, -0.1) is 0 Å². The summed E-state index contributed by atoms with van der Waals surface area (Å²) in [6, 6.07) is 10.6.